The Balaban J connectivity index is 0.00000240. The molecule has 1 fully saturated rings. The van der Waals surface area contributed by atoms with E-state index in [1.165, 1.54) is 23.5 Å². The molecular formula is C19H22ClFN4O2S2. The highest BCUT2D eigenvalue weighted by Gasteiger charge is 2.22. The normalized spacial score (nSPS) is 15.4. The Bertz CT molecular complexity index is 1080. The number of thiophene rings is 1. The molecule has 0 spiro atoms. The molecule has 1 aliphatic rings. The maximum absolute atomic E-state index is 13.0. The van der Waals surface area contributed by atoms with Gasteiger partial charge in [-0.1, -0.05) is 12.1 Å². The highest BCUT2D eigenvalue weighted by molar-refractivity contribution is 7.91. The zero-order chi connectivity index (χ0) is 19.7. The molecule has 0 amide bonds. The maximum atomic E-state index is 13.0. The minimum Gasteiger partial charge on any atom is -0.354 e. The molecule has 6 nitrogen and oxygen atoms in total. The van der Waals surface area contributed by atoms with Crippen LogP contribution in [-0.4, -0.2) is 51.5 Å². The third-order valence-corrected chi connectivity index (χ3v) is 7.82. The van der Waals surface area contributed by atoms with Gasteiger partial charge in [-0.25, -0.2) is 22.5 Å². The number of piperazine rings is 1. The summed E-state index contributed by atoms with van der Waals surface area (Å²) in [4.78, 5) is 8.99. The third-order valence-electron chi connectivity index (χ3n) is 4.85. The number of aromatic nitrogens is 1. The zero-order valence-electron chi connectivity index (χ0n) is 15.8. The van der Waals surface area contributed by atoms with Gasteiger partial charge in [0.2, 0.25) is 10.0 Å². The molecular weight excluding hydrogens is 435 g/mol. The zero-order valence-corrected chi connectivity index (χ0v) is 18.3. The third kappa shape index (κ3) is 4.87. The molecule has 3 aromatic rings. The molecule has 156 valence electrons. The average Bonchev–Trinajstić information content (AvgIpc) is 3.14. The highest BCUT2D eigenvalue weighted by atomic mass is 35.5. The van der Waals surface area contributed by atoms with Gasteiger partial charge in [-0.3, -0.25) is 0 Å². The van der Waals surface area contributed by atoms with Gasteiger partial charge >= 0.3 is 0 Å². The van der Waals surface area contributed by atoms with Crippen molar-refractivity contribution in [1.82, 2.24) is 14.6 Å². The lowest BCUT2D eigenvalue weighted by atomic mass is 10.2. The number of pyridine rings is 1. The summed E-state index contributed by atoms with van der Waals surface area (Å²) < 4.78 is 42.3. The van der Waals surface area contributed by atoms with E-state index in [1.807, 2.05) is 6.07 Å². The molecule has 0 unspecified atom stereocenters. The second kappa shape index (κ2) is 8.93. The summed E-state index contributed by atoms with van der Waals surface area (Å²) in [5.74, 6) is 0.488. The predicted molar refractivity (Wildman–Crippen MR) is 117 cm³/mol. The Labute approximate surface area is 179 Å². The molecule has 29 heavy (non-hydrogen) atoms. The van der Waals surface area contributed by atoms with E-state index in [1.54, 1.807) is 24.4 Å². The second-order valence-electron chi connectivity index (χ2n) is 6.85. The average molecular weight is 457 g/mol. The number of anilines is 1. The van der Waals surface area contributed by atoms with Crippen LogP contribution < -0.4 is 9.62 Å². The van der Waals surface area contributed by atoms with Crippen molar-refractivity contribution in [2.24, 2.45) is 0 Å². The number of benzene rings is 1. The van der Waals surface area contributed by atoms with Crippen LogP contribution in [0.25, 0.3) is 10.1 Å². The molecule has 0 bridgehead atoms. The Morgan fingerprint density at radius 2 is 1.83 bits per heavy atom. The van der Waals surface area contributed by atoms with Crippen molar-refractivity contribution in [2.45, 2.75) is 10.8 Å². The summed E-state index contributed by atoms with van der Waals surface area (Å²) in [7, 11) is -1.58. The molecule has 10 heteroatoms. The SMILES string of the molecule is CN1CCN(c2nccc3sc(S(=O)(=O)NCc4ccc(F)cc4)cc23)CC1.Cl. The first-order valence-electron chi connectivity index (χ1n) is 8.98. The smallest absolute Gasteiger partial charge is 0.250 e. The van der Waals surface area contributed by atoms with Gasteiger partial charge in [0.15, 0.2) is 0 Å². The van der Waals surface area contributed by atoms with E-state index >= 15 is 0 Å². The number of nitrogens with zero attached hydrogens (tertiary/aromatic N) is 3. The van der Waals surface area contributed by atoms with Crippen LogP contribution in [-0.2, 0) is 16.6 Å². The van der Waals surface area contributed by atoms with Crippen LogP contribution in [0.1, 0.15) is 5.56 Å². The first-order valence-corrected chi connectivity index (χ1v) is 11.3. The lowest BCUT2D eigenvalue weighted by Gasteiger charge is -2.33. The number of rotatable bonds is 5. The lowest BCUT2D eigenvalue weighted by Crippen LogP contribution is -2.44. The molecule has 1 N–H and O–H groups in total. The molecule has 1 aliphatic heterocycles. The summed E-state index contributed by atoms with van der Waals surface area (Å²) in [6, 6.07) is 9.32. The lowest BCUT2D eigenvalue weighted by molar-refractivity contribution is 0.312. The molecule has 0 radical (unpaired) electrons. The van der Waals surface area contributed by atoms with E-state index in [-0.39, 0.29) is 29.0 Å². The van der Waals surface area contributed by atoms with Gasteiger partial charge in [0.25, 0.3) is 0 Å². The molecule has 2 aromatic heterocycles. The van der Waals surface area contributed by atoms with Gasteiger partial charge in [-0.05, 0) is 36.9 Å². The van der Waals surface area contributed by atoms with Gasteiger partial charge in [-0.2, -0.15) is 0 Å². The first-order chi connectivity index (χ1) is 13.4. The largest absolute Gasteiger partial charge is 0.354 e. The van der Waals surface area contributed by atoms with Crippen LogP contribution in [0.4, 0.5) is 10.2 Å². The fraction of sp³-hybridized carbons (Fsp3) is 0.316. The first kappa shape index (κ1) is 21.9. The van der Waals surface area contributed by atoms with Crippen LogP contribution >= 0.6 is 23.7 Å². The molecule has 1 aromatic carbocycles. The van der Waals surface area contributed by atoms with Crippen molar-refractivity contribution in [3.63, 3.8) is 0 Å². The van der Waals surface area contributed by atoms with Crippen LogP contribution in [0, 0.1) is 5.82 Å². The van der Waals surface area contributed by atoms with Gasteiger partial charge in [-0.15, -0.1) is 23.7 Å². The summed E-state index contributed by atoms with van der Waals surface area (Å²) in [5, 5.41) is 0.860. The van der Waals surface area contributed by atoms with Gasteiger partial charge in [0.05, 0.1) is 0 Å². The van der Waals surface area contributed by atoms with E-state index in [4.69, 9.17) is 0 Å². The van der Waals surface area contributed by atoms with E-state index < -0.39 is 10.0 Å². The maximum Gasteiger partial charge on any atom is 0.250 e. The summed E-state index contributed by atoms with van der Waals surface area (Å²) in [5.41, 5.74) is 0.700. The topological polar surface area (TPSA) is 65.5 Å². The number of fused-ring (bicyclic) bond motifs is 1. The van der Waals surface area contributed by atoms with Crippen LogP contribution in [0.2, 0.25) is 0 Å². The second-order valence-corrected chi connectivity index (χ2v) is 9.93. The van der Waals surface area contributed by atoms with E-state index in [0.717, 1.165) is 42.1 Å². The molecule has 0 atom stereocenters. The Kier molecular flexibility index (Phi) is 6.75. The van der Waals surface area contributed by atoms with Crippen molar-refractivity contribution in [3.05, 3.63) is 54.0 Å². The number of nitrogens with one attached hydrogen (secondary N) is 1. The van der Waals surface area contributed by atoms with Crippen molar-refractivity contribution in [2.75, 3.05) is 38.1 Å². The molecule has 1 saturated heterocycles. The van der Waals surface area contributed by atoms with E-state index in [0.29, 0.717) is 5.56 Å². The standard InChI is InChI=1S/C19H21FN4O2S2.ClH/c1-23-8-10-24(11-9-23)19-16-12-18(27-17(16)6-7-21-19)28(25,26)22-13-14-2-4-15(20)5-3-14;/h2-7,12,22H,8-11,13H2,1H3;1H. The monoisotopic (exact) mass is 456 g/mol. The predicted octanol–water partition coefficient (Wildman–Crippen LogP) is 3.09. The number of sulfonamides is 1. The minimum absolute atomic E-state index is 0. The highest BCUT2D eigenvalue weighted by Crippen LogP contribution is 2.34. The van der Waals surface area contributed by atoms with Crippen LogP contribution in [0.3, 0.4) is 0 Å². The molecule has 3 heterocycles. The fourth-order valence-electron chi connectivity index (χ4n) is 3.18. The van der Waals surface area contributed by atoms with Crippen LogP contribution in [0.15, 0.2) is 46.8 Å². The van der Waals surface area contributed by atoms with Gasteiger partial charge < -0.3 is 9.80 Å². The van der Waals surface area contributed by atoms with Crippen LogP contribution in [0.5, 0.6) is 0 Å². The number of halogens is 2. The van der Waals surface area contributed by atoms with Crippen molar-refractivity contribution < 1.29 is 12.8 Å². The molecule has 0 saturated carbocycles. The fourth-order valence-corrected chi connectivity index (χ4v) is 5.62. The summed E-state index contributed by atoms with van der Waals surface area (Å²) in [6.07, 6.45) is 1.73. The van der Waals surface area contributed by atoms with Gasteiger partial charge in [0, 0.05) is 49.0 Å². The Hall–Kier alpha value is -1.78. The quantitative estimate of drug-likeness (QED) is 0.639. The number of hydrogen-bond donors (Lipinski definition) is 1. The number of likely N-dealkylation sites (N-methyl/N-ethyl adjacent to an activating group) is 1. The Morgan fingerprint density at radius 3 is 2.52 bits per heavy atom. The van der Waals surface area contributed by atoms with Gasteiger partial charge in [0.1, 0.15) is 15.8 Å². The van der Waals surface area contributed by atoms with Crippen molar-refractivity contribution >= 4 is 49.7 Å². The summed E-state index contributed by atoms with van der Waals surface area (Å²) >= 11 is 1.23. The Morgan fingerprint density at radius 1 is 1.14 bits per heavy atom. The number of hydrogen-bond acceptors (Lipinski definition) is 6. The van der Waals surface area contributed by atoms with E-state index in [9.17, 15) is 12.8 Å². The van der Waals surface area contributed by atoms with E-state index in [2.05, 4.69) is 26.6 Å². The molecule has 0 aliphatic carbocycles. The van der Waals surface area contributed by atoms with Crippen molar-refractivity contribution in [3.8, 4) is 0 Å². The molecule has 4 rings (SSSR count). The van der Waals surface area contributed by atoms with Crippen molar-refractivity contribution in [1.29, 1.82) is 0 Å². The summed E-state index contributed by atoms with van der Waals surface area (Å²) in [6.45, 7) is 3.74. The minimum atomic E-state index is -3.67.